The van der Waals surface area contributed by atoms with E-state index >= 15 is 0 Å². The molecule has 30 heavy (non-hydrogen) atoms. The molecule has 2 aliphatic rings. The van der Waals surface area contributed by atoms with E-state index in [2.05, 4.69) is 0 Å². The maximum absolute atomic E-state index is 12.7. The van der Waals surface area contributed by atoms with Gasteiger partial charge in [-0.25, -0.2) is 0 Å². The van der Waals surface area contributed by atoms with Gasteiger partial charge in [-0.15, -0.1) is 0 Å². The molecule has 1 aliphatic heterocycles. The summed E-state index contributed by atoms with van der Waals surface area (Å²) in [5.74, 6) is 1.69. The molecule has 4 rings (SSSR count). The van der Waals surface area contributed by atoms with Crippen LogP contribution in [-0.2, 0) is 4.79 Å². The Morgan fingerprint density at radius 1 is 1.00 bits per heavy atom. The van der Waals surface area contributed by atoms with Crippen LogP contribution in [0.2, 0.25) is 0 Å². The average molecular weight is 408 g/mol. The summed E-state index contributed by atoms with van der Waals surface area (Å²) in [5.41, 5.74) is 1.13. The third kappa shape index (κ3) is 4.03. The zero-order valence-electron chi connectivity index (χ0n) is 17.1. The molecule has 1 fully saturated rings. The van der Waals surface area contributed by atoms with E-state index in [1.807, 2.05) is 0 Å². The molecule has 0 N–H and O–H groups in total. The summed E-state index contributed by atoms with van der Waals surface area (Å²) >= 11 is 0. The lowest BCUT2D eigenvalue weighted by atomic mass is 9.89. The number of benzene rings is 2. The molecule has 2 aromatic carbocycles. The molecule has 0 bridgehead atoms. The average Bonchev–Trinajstić information content (AvgIpc) is 3.09. The standard InChI is InChI=1S/C24H24O6/c1-27-17-9-8-16(20(13-17)28-2)12-22-23(25)19-11-10-18(14-21(19)30-22)29-24(26)15-6-4-3-5-7-15/h8-15H,3-7H2,1-2H3/b22-12-. The first-order valence-corrected chi connectivity index (χ1v) is 10.1. The van der Waals surface area contributed by atoms with Gasteiger partial charge in [0.05, 0.1) is 25.7 Å². The van der Waals surface area contributed by atoms with Crippen LogP contribution in [0.4, 0.5) is 0 Å². The van der Waals surface area contributed by atoms with Gasteiger partial charge in [0.25, 0.3) is 0 Å². The van der Waals surface area contributed by atoms with Crippen molar-refractivity contribution >= 4 is 17.8 Å². The van der Waals surface area contributed by atoms with Crippen LogP contribution in [0.1, 0.15) is 48.0 Å². The van der Waals surface area contributed by atoms with E-state index in [0.717, 1.165) is 25.7 Å². The molecule has 0 atom stereocenters. The minimum atomic E-state index is -0.229. The van der Waals surface area contributed by atoms with Gasteiger partial charge in [0.1, 0.15) is 23.0 Å². The molecule has 0 aromatic heterocycles. The molecule has 0 radical (unpaired) electrons. The van der Waals surface area contributed by atoms with Crippen molar-refractivity contribution in [3.63, 3.8) is 0 Å². The first-order valence-electron chi connectivity index (χ1n) is 10.1. The Morgan fingerprint density at radius 3 is 2.50 bits per heavy atom. The van der Waals surface area contributed by atoms with E-state index in [1.165, 1.54) is 6.42 Å². The molecule has 0 unspecified atom stereocenters. The lowest BCUT2D eigenvalue weighted by Crippen LogP contribution is -2.22. The monoisotopic (exact) mass is 408 g/mol. The normalized spacial score (nSPS) is 17.4. The number of ether oxygens (including phenoxy) is 4. The number of carbonyl (C=O) groups is 2. The zero-order chi connectivity index (χ0) is 21.1. The van der Waals surface area contributed by atoms with Gasteiger partial charge in [-0.1, -0.05) is 19.3 Å². The molecule has 0 saturated heterocycles. The summed E-state index contributed by atoms with van der Waals surface area (Å²) in [7, 11) is 3.13. The SMILES string of the molecule is COc1ccc(/C=C2\Oc3cc(OC(=O)C4CCCCC4)ccc3C2=O)c(OC)c1. The third-order valence-electron chi connectivity index (χ3n) is 5.53. The number of carbonyl (C=O) groups excluding carboxylic acids is 2. The number of ketones is 1. The van der Waals surface area contributed by atoms with Gasteiger partial charge in [-0.3, -0.25) is 9.59 Å². The predicted molar refractivity (Wildman–Crippen MR) is 111 cm³/mol. The van der Waals surface area contributed by atoms with Crippen LogP contribution < -0.4 is 18.9 Å². The van der Waals surface area contributed by atoms with E-state index in [9.17, 15) is 9.59 Å². The van der Waals surface area contributed by atoms with Gasteiger partial charge < -0.3 is 18.9 Å². The Bertz CT molecular complexity index is 1000. The molecule has 0 amide bonds. The fourth-order valence-corrected chi connectivity index (χ4v) is 3.85. The molecule has 1 heterocycles. The van der Waals surface area contributed by atoms with Gasteiger partial charge in [-0.05, 0) is 43.2 Å². The van der Waals surface area contributed by atoms with Crippen molar-refractivity contribution in [3.8, 4) is 23.0 Å². The Hall–Kier alpha value is -3.28. The van der Waals surface area contributed by atoms with E-state index in [0.29, 0.717) is 34.1 Å². The smallest absolute Gasteiger partial charge is 0.314 e. The van der Waals surface area contributed by atoms with E-state index < -0.39 is 0 Å². The first-order chi connectivity index (χ1) is 14.6. The largest absolute Gasteiger partial charge is 0.497 e. The Balaban J connectivity index is 1.53. The van der Waals surface area contributed by atoms with Crippen molar-refractivity contribution in [1.29, 1.82) is 0 Å². The molecule has 2 aromatic rings. The van der Waals surface area contributed by atoms with Gasteiger partial charge >= 0.3 is 5.97 Å². The first kappa shape index (κ1) is 20.0. The minimum Gasteiger partial charge on any atom is -0.497 e. The second-order valence-corrected chi connectivity index (χ2v) is 7.46. The highest BCUT2D eigenvalue weighted by Gasteiger charge is 2.29. The van der Waals surface area contributed by atoms with Crippen LogP contribution in [0.25, 0.3) is 6.08 Å². The number of Topliss-reactive ketones (excluding diaryl/α,β-unsaturated/α-hetero) is 1. The lowest BCUT2D eigenvalue weighted by Gasteiger charge is -2.19. The highest BCUT2D eigenvalue weighted by molar-refractivity contribution is 6.14. The molecular weight excluding hydrogens is 384 g/mol. The highest BCUT2D eigenvalue weighted by Crippen LogP contribution is 2.37. The molecule has 1 aliphatic carbocycles. The maximum Gasteiger partial charge on any atom is 0.314 e. The molecular formula is C24H24O6. The van der Waals surface area contributed by atoms with E-state index in [-0.39, 0.29) is 23.4 Å². The van der Waals surface area contributed by atoms with Gasteiger partial charge in [0.2, 0.25) is 5.78 Å². The predicted octanol–water partition coefficient (Wildman–Crippen LogP) is 4.81. The van der Waals surface area contributed by atoms with Crippen LogP contribution in [0, 0.1) is 5.92 Å². The van der Waals surface area contributed by atoms with Crippen molar-refractivity contribution in [2.75, 3.05) is 14.2 Å². The van der Waals surface area contributed by atoms with Crippen molar-refractivity contribution in [2.24, 2.45) is 5.92 Å². The number of esters is 1. The fourth-order valence-electron chi connectivity index (χ4n) is 3.85. The number of hydrogen-bond donors (Lipinski definition) is 0. The lowest BCUT2D eigenvalue weighted by molar-refractivity contribution is -0.139. The van der Waals surface area contributed by atoms with Crippen LogP contribution >= 0.6 is 0 Å². The quantitative estimate of drug-likeness (QED) is 0.402. The van der Waals surface area contributed by atoms with Crippen LogP contribution in [0.15, 0.2) is 42.2 Å². The van der Waals surface area contributed by atoms with Crippen molar-refractivity contribution < 1.29 is 28.5 Å². The number of hydrogen-bond acceptors (Lipinski definition) is 6. The highest BCUT2D eigenvalue weighted by atomic mass is 16.5. The number of methoxy groups -OCH3 is 2. The zero-order valence-corrected chi connectivity index (χ0v) is 17.1. The summed E-state index contributed by atoms with van der Waals surface area (Å²) in [6.45, 7) is 0. The van der Waals surface area contributed by atoms with Gasteiger partial charge in [0, 0.05) is 17.7 Å². The maximum atomic E-state index is 12.7. The molecule has 6 nitrogen and oxygen atoms in total. The van der Waals surface area contributed by atoms with Crippen molar-refractivity contribution in [3.05, 3.63) is 53.3 Å². The number of rotatable bonds is 5. The Labute approximate surface area is 175 Å². The summed E-state index contributed by atoms with van der Waals surface area (Å²) < 4.78 is 21.9. The number of fused-ring (bicyclic) bond motifs is 1. The molecule has 156 valence electrons. The topological polar surface area (TPSA) is 71.1 Å². The van der Waals surface area contributed by atoms with Gasteiger partial charge in [0.15, 0.2) is 5.76 Å². The second-order valence-electron chi connectivity index (χ2n) is 7.46. The van der Waals surface area contributed by atoms with E-state index in [4.69, 9.17) is 18.9 Å². The second kappa shape index (κ2) is 8.61. The van der Waals surface area contributed by atoms with Crippen molar-refractivity contribution in [2.45, 2.75) is 32.1 Å². The molecule has 1 saturated carbocycles. The molecule has 6 heteroatoms. The summed E-state index contributed by atoms with van der Waals surface area (Å²) in [6, 6.07) is 10.2. The third-order valence-corrected chi connectivity index (χ3v) is 5.53. The minimum absolute atomic E-state index is 0.0486. The molecule has 0 spiro atoms. The van der Waals surface area contributed by atoms with Crippen LogP contribution in [0.3, 0.4) is 0 Å². The van der Waals surface area contributed by atoms with Crippen LogP contribution in [-0.4, -0.2) is 26.0 Å². The van der Waals surface area contributed by atoms with E-state index in [1.54, 1.807) is 56.7 Å². The fraction of sp³-hybridized carbons (Fsp3) is 0.333. The number of allylic oxidation sites excluding steroid dienone is 1. The van der Waals surface area contributed by atoms with Crippen LogP contribution in [0.5, 0.6) is 23.0 Å². The Morgan fingerprint density at radius 2 is 1.77 bits per heavy atom. The Kier molecular flexibility index (Phi) is 5.74. The summed E-state index contributed by atoms with van der Waals surface area (Å²) in [6.07, 6.45) is 6.67. The van der Waals surface area contributed by atoms with Crippen molar-refractivity contribution in [1.82, 2.24) is 0 Å². The summed E-state index contributed by atoms with van der Waals surface area (Å²) in [4.78, 5) is 25.1. The summed E-state index contributed by atoms with van der Waals surface area (Å²) in [5, 5.41) is 0. The van der Waals surface area contributed by atoms with Gasteiger partial charge in [-0.2, -0.15) is 0 Å².